The summed E-state index contributed by atoms with van der Waals surface area (Å²) >= 11 is 1.57. The van der Waals surface area contributed by atoms with E-state index in [4.69, 9.17) is 4.42 Å². The number of H-pyrrole nitrogens is 1. The van der Waals surface area contributed by atoms with E-state index >= 15 is 0 Å². The first kappa shape index (κ1) is 14.6. The Bertz CT molecular complexity index is 1250. The Kier molecular flexibility index (Phi) is 3.15. The number of aromatic amines is 1. The molecule has 3 aromatic heterocycles. The maximum absolute atomic E-state index is 12.7. The second-order valence-electron chi connectivity index (χ2n) is 6.29. The van der Waals surface area contributed by atoms with E-state index in [1.165, 1.54) is 4.88 Å². The van der Waals surface area contributed by atoms with Gasteiger partial charge in [-0.25, -0.2) is 9.78 Å². The van der Waals surface area contributed by atoms with Crippen molar-refractivity contribution >= 4 is 32.5 Å². The monoisotopic (exact) mass is 350 g/mol. The summed E-state index contributed by atoms with van der Waals surface area (Å²) in [6.07, 6.45) is 4.19. The fraction of sp³-hybridized carbons (Fsp3) is 0.211. The predicted octanol–water partition coefficient (Wildman–Crippen LogP) is 3.64. The lowest BCUT2D eigenvalue weighted by molar-refractivity contribution is 0.563. The molecule has 3 heterocycles. The van der Waals surface area contributed by atoms with Crippen LogP contribution in [0.3, 0.4) is 0 Å². The molecule has 1 aliphatic carbocycles. The van der Waals surface area contributed by atoms with Gasteiger partial charge in [0.2, 0.25) is 0 Å². The van der Waals surface area contributed by atoms with Gasteiger partial charge < -0.3 is 9.40 Å². The minimum Gasteiger partial charge on any atom is -0.422 e. The van der Waals surface area contributed by atoms with E-state index < -0.39 is 5.63 Å². The summed E-state index contributed by atoms with van der Waals surface area (Å²) in [5.41, 5.74) is 1.27. The summed E-state index contributed by atoms with van der Waals surface area (Å²) < 4.78 is 5.37. The number of para-hydroxylation sites is 1. The Morgan fingerprint density at radius 2 is 1.96 bits per heavy atom. The third-order valence-corrected chi connectivity index (χ3v) is 5.91. The molecular formula is C19H14N2O3S. The number of hydrogen-bond acceptors (Lipinski definition) is 5. The summed E-state index contributed by atoms with van der Waals surface area (Å²) in [5.74, 6) is 0.274. The molecular weight excluding hydrogens is 336 g/mol. The Balaban J connectivity index is 1.78. The standard InChI is InChI=1S/C19H14N2O3S/c22-17-15-11-6-2-4-8-14(11)25-18(15)21-16(20-17)12-9-10-5-1-3-7-13(10)24-19(12)23/h1,3,5,7,9H,2,4,6,8H2,(H,20,21,22). The van der Waals surface area contributed by atoms with Crippen molar-refractivity contribution < 1.29 is 4.42 Å². The molecule has 6 heteroatoms. The predicted molar refractivity (Wildman–Crippen MR) is 98.4 cm³/mol. The molecule has 25 heavy (non-hydrogen) atoms. The van der Waals surface area contributed by atoms with Crippen molar-refractivity contribution in [2.24, 2.45) is 0 Å². The molecule has 1 aromatic carbocycles. The van der Waals surface area contributed by atoms with Crippen molar-refractivity contribution in [3.8, 4) is 11.4 Å². The van der Waals surface area contributed by atoms with Gasteiger partial charge in [-0.1, -0.05) is 18.2 Å². The van der Waals surface area contributed by atoms with Gasteiger partial charge in [-0.05, 0) is 43.4 Å². The van der Waals surface area contributed by atoms with Crippen LogP contribution in [0.15, 0.2) is 44.3 Å². The third kappa shape index (κ3) is 2.25. The van der Waals surface area contributed by atoms with Crippen molar-refractivity contribution in [1.29, 1.82) is 0 Å². The number of hydrogen-bond donors (Lipinski definition) is 1. The molecule has 0 spiro atoms. The number of thiophene rings is 1. The van der Waals surface area contributed by atoms with Gasteiger partial charge in [0.15, 0.2) is 0 Å². The third-order valence-electron chi connectivity index (χ3n) is 4.72. The molecule has 0 saturated carbocycles. The molecule has 0 bridgehead atoms. The Morgan fingerprint density at radius 1 is 1.12 bits per heavy atom. The topological polar surface area (TPSA) is 76.0 Å². The van der Waals surface area contributed by atoms with Crippen LogP contribution >= 0.6 is 11.3 Å². The molecule has 1 aliphatic rings. The van der Waals surface area contributed by atoms with E-state index in [0.29, 0.717) is 15.8 Å². The molecule has 0 amide bonds. The van der Waals surface area contributed by atoms with Gasteiger partial charge in [0.25, 0.3) is 5.56 Å². The van der Waals surface area contributed by atoms with E-state index in [0.717, 1.165) is 36.6 Å². The van der Waals surface area contributed by atoms with Crippen molar-refractivity contribution in [2.75, 3.05) is 0 Å². The van der Waals surface area contributed by atoms with E-state index in [2.05, 4.69) is 9.97 Å². The number of fused-ring (bicyclic) bond motifs is 4. The van der Waals surface area contributed by atoms with Gasteiger partial charge in [0, 0.05) is 10.3 Å². The summed E-state index contributed by atoms with van der Waals surface area (Å²) in [7, 11) is 0. The zero-order valence-corrected chi connectivity index (χ0v) is 14.1. The first-order chi connectivity index (χ1) is 12.2. The molecule has 124 valence electrons. The molecule has 1 N–H and O–H groups in total. The zero-order chi connectivity index (χ0) is 17.0. The second-order valence-corrected chi connectivity index (χ2v) is 7.37. The maximum Gasteiger partial charge on any atom is 0.347 e. The normalized spacial score (nSPS) is 14.1. The first-order valence-electron chi connectivity index (χ1n) is 8.28. The lowest BCUT2D eigenvalue weighted by Gasteiger charge is -2.09. The Hall–Kier alpha value is -2.73. The van der Waals surface area contributed by atoms with Crippen LogP contribution in [0.25, 0.3) is 32.6 Å². The first-order valence-corrected chi connectivity index (χ1v) is 9.10. The molecule has 4 aromatic rings. The van der Waals surface area contributed by atoms with E-state index in [9.17, 15) is 9.59 Å². The van der Waals surface area contributed by atoms with E-state index in [1.54, 1.807) is 23.5 Å². The van der Waals surface area contributed by atoms with Crippen LogP contribution in [0.1, 0.15) is 23.3 Å². The van der Waals surface area contributed by atoms with Gasteiger partial charge in [-0.15, -0.1) is 11.3 Å². The number of nitrogens with zero attached hydrogens (tertiary/aromatic N) is 1. The van der Waals surface area contributed by atoms with Crippen LogP contribution in [0.5, 0.6) is 0 Å². The molecule has 0 fully saturated rings. The van der Waals surface area contributed by atoms with Crippen LogP contribution in [0, 0.1) is 0 Å². The fourth-order valence-corrected chi connectivity index (χ4v) is 4.78. The molecule has 5 nitrogen and oxygen atoms in total. The average Bonchev–Trinajstić information content (AvgIpc) is 3.00. The van der Waals surface area contributed by atoms with Gasteiger partial charge in [-0.2, -0.15) is 0 Å². The van der Waals surface area contributed by atoms with Crippen molar-refractivity contribution in [1.82, 2.24) is 9.97 Å². The number of rotatable bonds is 1. The summed E-state index contributed by atoms with van der Waals surface area (Å²) in [5, 5.41) is 1.49. The molecule has 0 saturated heterocycles. The van der Waals surface area contributed by atoms with Crippen LogP contribution in [0.4, 0.5) is 0 Å². The van der Waals surface area contributed by atoms with Crippen LogP contribution in [-0.4, -0.2) is 9.97 Å². The highest BCUT2D eigenvalue weighted by atomic mass is 32.1. The van der Waals surface area contributed by atoms with Gasteiger partial charge >= 0.3 is 5.63 Å². The lowest BCUT2D eigenvalue weighted by atomic mass is 9.97. The van der Waals surface area contributed by atoms with Crippen molar-refractivity contribution in [3.63, 3.8) is 0 Å². The largest absolute Gasteiger partial charge is 0.422 e. The minimum absolute atomic E-state index is 0.174. The SMILES string of the molecule is O=c1oc2ccccc2cc1-c1nc2sc3c(c2c(=O)[nH]1)CCCC3. The maximum atomic E-state index is 12.7. The van der Waals surface area contributed by atoms with Gasteiger partial charge in [-0.3, -0.25) is 4.79 Å². The Morgan fingerprint density at radius 3 is 2.88 bits per heavy atom. The highest BCUT2D eigenvalue weighted by Gasteiger charge is 2.21. The van der Waals surface area contributed by atoms with Crippen LogP contribution in [0.2, 0.25) is 0 Å². The van der Waals surface area contributed by atoms with Crippen LogP contribution in [-0.2, 0) is 12.8 Å². The summed E-state index contributed by atoms with van der Waals surface area (Å²) in [6.45, 7) is 0. The van der Waals surface area contributed by atoms with Gasteiger partial charge in [0.05, 0.1) is 5.39 Å². The highest BCUT2D eigenvalue weighted by Crippen LogP contribution is 2.34. The van der Waals surface area contributed by atoms with E-state index in [1.807, 2.05) is 18.2 Å². The second kappa shape index (κ2) is 5.39. The quantitative estimate of drug-likeness (QED) is 0.532. The van der Waals surface area contributed by atoms with Crippen molar-refractivity contribution in [2.45, 2.75) is 25.7 Å². The molecule has 0 unspecified atom stereocenters. The number of aryl methyl sites for hydroxylation is 2. The van der Waals surface area contributed by atoms with Gasteiger partial charge in [0.1, 0.15) is 21.8 Å². The number of benzene rings is 1. The summed E-state index contributed by atoms with van der Waals surface area (Å²) in [4.78, 5) is 34.3. The van der Waals surface area contributed by atoms with Crippen LogP contribution < -0.4 is 11.2 Å². The van der Waals surface area contributed by atoms with Crippen molar-refractivity contribution in [3.05, 3.63) is 61.5 Å². The average molecular weight is 350 g/mol. The summed E-state index contributed by atoms with van der Waals surface area (Å²) in [6, 6.07) is 9.01. The smallest absolute Gasteiger partial charge is 0.347 e. The minimum atomic E-state index is -0.498. The molecule has 0 atom stereocenters. The molecule has 0 aliphatic heterocycles. The number of nitrogens with one attached hydrogen (secondary N) is 1. The molecule has 0 radical (unpaired) electrons. The zero-order valence-electron chi connectivity index (χ0n) is 13.3. The fourth-order valence-electron chi connectivity index (χ4n) is 3.52. The van der Waals surface area contributed by atoms with E-state index in [-0.39, 0.29) is 16.9 Å². The number of aromatic nitrogens is 2. The molecule has 5 rings (SSSR count). The Labute approximate surface area is 146 Å². The highest BCUT2D eigenvalue weighted by molar-refractivity contribution is 7.18. The lowest BCUT2D eigenvalue weighted by Crippen LogP contribution is -2.14.